The van der Waals surface area contributed by atoms with Gasteiger partial charge in [-0.2, -0.15) is 0 Å². The number of nitrogens with zero attached hydrogens (tertiary/aromatic N) is 2. The van der Waals surface area contributed by atoms with Crippen LogP contribution in [-0.2, 0) is 6.42 Å². The standard InChI is InChI=1S/C14H22BrN3S/c1-4-5-6-11-18(3)14(16-2)17-10-9-12-7-8-13(15)19-12/h4,7-8H,1,5-6,9-11H2,2-3H3,(H,16,17). The van der Waals surface area contributed by atoms with Crippen molar-refractivity contribution in [2.45, 2.75) is 19.3 Å². The van der Waals surface area contributed by atoms with Crippen molar-refractivity contribution in [3.8, 4) is 0 Å². The van der Waals surface area contributed by atoms with E-state index in [2.05, 4.69) is 56.9 Å². The zero-order chi connectivity index (χ0) is 14.1. The molecule has 1 aromatic rings. The summed E-state index contributed by atoms with van der Waals surface area (Å²) >= 11 is 5.27. The summed E-state index contributed by atoms with van der Waals surface area (Å²) in [7, 11) is 3.90. The second kappa shape index (κ2) is 9.15. The van der Waals surface area contributed by atoms with Gasteiger partial charge in [0.15, 0.2) is 5.96 Å². The van der Waals surface area contributed by atoms with Crippen molar-refractivity contribution in [2.24, 2.45) is 4.99 Å². The summed E-state index contributed by atoms with van der Waals surface area (Å²) in [6.45, 7) is 5.65. The van der Waals surface area contributed by atoms with Gasteiger partial charge in [-0.05, 0) is 47.3 Å². The van der Waals surface area contributed by atoms with E-state index in [0.717, 1.165) is 38.3 Å². The Kier molecular flexibility index (Phi) is 7.82. The Morgan fingerprint density at radius 3 is 2.95 bits per heavy atom. The van der Waals surface area contributed by atoms with Crippen LogP contribution in [0.15, 0.2) is 33.6 Å². The number of aliphatic imine (C=N–C) groups is 1. The molecular formula is C14H22BrN3S. The summed E-state index contributed by atoms with van der Waals surface area (Å²) in [5, 5.41) is 3.40. The Balaban J connectivity index is 2.30. The lowest BCUT2D eigenvalue weighted by Crippen LogP contribution is -2.40. The zero-order valence-corrected chi connectivity index (χ0v) is 14.1. The van der Waals surface area contributed by atoms with Crippen LogP contribution in [-0.4, -0.2) is 38.0 Å². The predicted octanol–water partition coefficient (Wildman–Crippen LogP) is 3.53. The molecule has 0 aliphatic heterocycles. The number of rotatable bonds is 7. The van der Waals surface area contributed by atoms with Crippen LogP contribution in [0.25, 0.3) is 0 Å². The van der Waals surface area contributed by atoms with Gasteiger partial charge < -0.3 is 10.2 Å². The number of hydrogen-bond donors (Lipinski definition) is 1. The van der Waals surface area contributed by atoms with Crippen molar-refractivity contribution in [1.82, 2.24) is 10.2 Å². The van der Waals surface area contributed by atoms with Crippen LogP contribution in [0.5, 0.6) is 0 Å². The molecule has 19 heavy (non-hydrogen) atoms. The molecule has 1 rings (SSSR count). The third kappa shape index (κ3) is 6.25. The minimum Gasteiger partial charge on any atom is -0.356 e. The smallest absolute Gasteiger partial charge is 0.193 e. The second-order valence-corrected chi connectivity index (χ2v) is 6.83. The fraction of sp³-hybridized carbons (Fsp3) is 0.500. The van der Waals surface area contributed by atoms with Gasteiger partial charge in [-0.15, -0.1) is 17.9 Å². The van der Waals surface area contributed by atoms with Crippen molar-refractivity contribution in [3.63, 3.8) is 0 Å². The van der Waals surface area contributed by atoms with Gasteiger partial charge in [0.2, 0.25) is 0 Å². The van der Waals surface area contributed by atoms with Crippen molar-refractivity contribution in [3.05, 3.63) is 33.5 Å². The number of allylic oxidation sites excluding steroid dienone is 1. The Labute approximate surface area is 128 Å². The van der Waals surface area contributed by atoms with Crippen LogP contribution in [0.4, 0.5) is 0 Å². The van der Waals surface area contributed by atoms with Crippen LogP contribution >= 0.6 is 27.3 Å². The Bertz CT molecular complexity index is 415. The summed E-state index contributed by atoms with van der Waals surface area (Å²) in [4.78, 5) is 7.84. The van der Waals surface area contributed by atoms with E-state index in [4.69, 9.17) is 0 Å². The first kappa shape index (κ1) is 16.2. The molecule has 0 saturated carbocycles. The van der Waals surface area contributed by atoms with Crippen molar-refractivity contribution in [2.75, 3.05) is 27.2 Å². The molecule has 5 heteroatoms. The van der Waals surface area contributed by atoms with E-state index < -0.39 is 0 Å². The first-order valence-corrected chi connectivity index (χ1v) is 8.05. The number of halogens is 1. The molecule has 0 unspecified atom stereocenters. The fourth-order valence-electron chi connectivity index (χ4n) is 1.75. The molecule has 0 saturated heterocycles. The van der Waals surface area contributed by atoms with Crippen LogP contribution in [0, 0.1) is 0 Å². The third-order valence-electron chi connectivity index (χ3n) is 2.76. The molecule has 0 radical (unpaired) electrons. The molecule has 3 nitrogen and oxygen atoms in total. The second-order valence-electron chi connectivity index (χ2n) is 4.28. The van der Waals surface area contributed by atoms with Crippen molar-refractivity contribution < 1.29 is 0 Å². The molecule has 0 amide bonds. The Hall–Kier alpha value is -0.810. The molecule has 0 atom stereocenters. The lowest BCUT2D eigenvalue weighted by Gasteiger charge is -2.21. The van der Waals surface area contributed by atoms with Gasteiger partial charge in [0, 0.05) is 32.1 Å². The van der Waals surface area contributed by atoms with Crippen molar-refractivity contribution >= 4 is 33.2 Å². The van der Waals surface area contributed by atoms with E-state index in [1.165, 1.54) is 8.66 Å². The largest absolute Gasteiger partial charge is 0.356 e. The van der Waals surface area contributed by atoms with Crippen LogP contribution < -0.4 is 5.32 Å². The third-order valence-corrected chi connectivity index (χ3v) is 4.44. The average molecular weight is 344 g/mol. The highest BCUT2D eigenvalue weighted by atomic mass is 79.9. The monoisotopic (exact) mass is 343 g/mol. The SMILES string of the molecule is C=CCCCN(C)C(=NC)NCCc1ccc(Br)s1. The number of hydrogen-bond acceptors (Lipinski definition) is 2. The zero-order valence-electron chi connectivity index (χ0n) is 11.7. The maximum atomic E-state index is 4.30. The number of guanidine groups is 1. The van der Waals surface area contributed by atoms with Gasteiger partial charge >= 0.3 is 0 Å². The molecule has 1 heterocycles. The first-order chi connectivity index (χ1) is 9.17. The van der Waals surface area contributed by atoms with Crippen molar-refractivity contribution in [1.29, 1.82) is 0 Å². The van der Waals surface area contributed by atoms with Gasteiger partial charge in [-0.25, -0.2) is 0 Å². The summed E-state index contributed by atoms with van der Waals surface area (Å²) in [6.07, 6.45) is 5.14. The van der Waals surface area contributed by atoms with E-state index in [9.17, 15) is 0 Å². The van der Waals surface area contributed by atoms with E-state index in [-0.39, 0.29) is 0 Å². The topological polar surface area (TPSA) is 27.6 Å². The minimum atomic E-state index is 0.908. The molecule has 0 aromatic carbocycles. The van der Waals surface area contributed by atoms with E-state index in [0.29, 0.717) is 0 Å². The van der Waals surface area contributed by atoms with E-state index in [1.807, 2.05) is 13.1 Å². The highest BCUT2D eigenvalue weighted by Gasteiger charge is 2.05. The van der Waals surface area contributed by atoms with Crippen LogP contribution in [0.1, 0.15) is 17.7 Å². The van der Waals surface area contributed by atoms with Gasteiger partial charge in [0.25, 0.3) is 0 Å². The Morgan fingerprint density at radius 2 is 2.37 bits per heavy atom. The molecule has 0 aliphatic rings. The molecule has 1 N–H and O–H groups in total. The summed E-state index contributed by atoms with van der Waals surface area (Å²) in [6, 6.07) is 4.25. The highest BCUT2D eigenvalue weighted by molar-refractivity contribution is 9.11. The predicted molar refractivity (Wildman–Crippen MR) is 89.1 cm³/mol. The lowest BCUT2D eigenvalue weighted by atomic mass is 10.3. The van der Waals surface area contributed by atoms with Crippen LogP contribution in [0.2, 0.25) is 0 Å². The molecule has 0 spiro atoms. The van der Waals surface area contributed by atoms with E-state index in [1.54, 1.807) is 11.3 Å². The summed E-state index contributed by atoms with van der Waals surface area (Å²) < 4.78 is 1.19. The molecule has 0 bridgehead atoms. The van der Waals surface area contributed by atoms with Gasteiger partial charge in [-0.3, -0.25) is 4.99 Å². The van der Waals surface area contributed by atoms with Gasteiger partial charge in [-0.1, -0.05) is 6.08 Å². The van der Waals surface area contributed by atoms with E-state index >= 15 is 0 Å². The van der Waals surface area contributed by atoms with Gasteiger partial charge in [0.1, 0.15) is 0 Å². The van der Waals surface area contributed by atoms with Crippen LogP contribution in [0.3, 0.4) is 0 Å². The first-order valence-electron chi connectivity index (χ1n) is 6.44. The lowest BCUT2D eigenvalue weighted by molar-refractivity contribution is 0.470. The normalized spacial score (nSPS) is 11.4. The molecule has 0 aliphatic carbocycles. The number of thiophene rings is 1. The number of unbranched alkanes of at least 4 members (excludes halogenated alkanes) is 1. The summed E-state index contributed by atoms with van der Waals surface area (Å²) in [5.41, 5.74) is 0. The summed E-state index contributed by atoms with van der Waals surface area (Å²) in [5.74, 6) is 0.958. The fourth-order valence-corrected chi connectivity index (χ4v) is 3.23. The van der Waals surface area contributed by atoms with Gasteiger partial charge in [0.05, 0.1) is 3.79 Å². The molecule has 106 valence electrons. The quantitative estimate of drug-likeness (QED) is 0.355. The highest BCUT2D eigenvalue weighted by Crippen LogP contribution is 2.21. The maximum Gasteiger partial charge on any atom is 0.193 e. The molecule has 1 aromatic heterocycles. The Morgan fingerprint density at radius 1 is 1.58 bits per heavy atom. The molecular weight excluding hydrogens is 322 g/mol. The maximum absolute atomic E-state index is 4.30. The number of nitrogens with one attached hydrogen (secondary N) is 1. The molecule has 0 fully saturated rings. The average Bonchev–Trinajstić information content (AvgIpc) is 2.80. The minimum absolute atomic E-state index is 0.908.